The van der Waals surface area contributed by atoms with E-state index in [0.29, 0.717) is 23.9 Å². The molecule has 2 heterocycles. The number of nitrogens with zero attached hydrogens (tertiary/aromatic N) is 6. The monoisotopic (exact) mass is 304 g/mol. The quantitative estimate of drug-likeness (QED) is 0.771. The van der Waals surface area contributed by atoms with Crippen LogP contribution in [0.1, 0.15) is 17.8 Å². The van der Waals surface area contributed by atoms with E-state index in [2.05, 4.69) is 15.2 Å². The van der Waals surface area contributed by atoms with Crippen molar-refractivity contribution in [2.24, 2.45) is 0 Å². The molecule has 2 aromatic heterocycles. The molecule has 2 rings (SSSR count). The minimum Gasteiger partial charge on any atom is -0.344 e. The first kappa shape index (κ1) is 15.3. The zero-order chi connectivity index (χ0) is 15.4. The maximum absolute atomic E-state index is 11.9. The van der Waals surface area contributed by atoms with Crippen LogP contribution in [-0.2, 0) is 4.79 Å². The van der Waals surface area contributed by atoms with Gasteiger partial charge in [-0.25, -0.2) is 4.98 Å². The molecule has 21 heavy (non-hydrogen) atoms. The molecule has 7 nitrogen and oxygen atoms in total. The first-order chi connectivity index (χ1) is 10.0. The predicted octanol–water partition coefficient (Wildman–Crippen LogP) is 1.21. The van der Waals surface area contributed by atoms with Crippen LogP contribution in [0.25, 0.3) is 5.78 Å². The van der Waals surface area contributed by atoms with E-state index < -0.39 is 0 Å². The van der Waals surface area contributed by atoms with Crippen molar-refractivity contribution in [1.29, 1.82) is 5.26 Å². The standard InChI is InChI=1S/C13H16N6OS/c1-9-7-10(2)19-12(15-9)16-17-13(19)21-8-11(20)18(3)6-4-5-14/h7H,4,6,8H2,1-3H3. The molecule has 0 atom stereocenters. The number of thioether (sulfide) groups is 1. The summed E-state index contributed by atoms with van der Waals surface area (Å²) in [4.78, 5) is 17.8. The van der Waals surface area contributed by atoms with Crippen molar-refractivity contribution < 1.29 is 4.79 Å². The number of carbonyl (C=O) groups is 1. The summed E-state index contributed by atoms with van der Waals surface area (Å²) in [6.07, 6.45) is 0.336. The van der Waals surface area contributed by atoms with E-state index in [1.807, 2.05) is 30.4 Å². The molecule has 0 aliphatic carbocycles. The molecule has 0 aliphatic rings. The van der Waals surface area contributed by atoms with Crippen LogP contribution in [-0.4, -0.2) is 49.7 Å². The Kier molecular flexibility index (Phi) is 4.75. The molecule has 0 aromatic carbocycles. The van der Waals surface area contributed by atoms with Gasteiger partial charge in [0.2, 0.25) is 5.91 Å². The molecule has 0 saturated carbocycles. The van der Waals surface area contributed by atoms with Crippen LogP contribution in [0, 0.1) is 25.2 Å². The molecule has 1 amide bonds. The molecular formula is C13H16N6OS. The van der Waals surface area contributed by atoms with Crippen molar-refractivity contribution in [3.63, 3.8) is 0 Å². The lowest BCUT2D eigenvalue weighted by Gasteiger charge is -2.14. The number of hydrogen-bond acceptors (Lipinski definition) is 6. The Labute approximate surface area is 127 Å². The Balaban J connectivity index is 2.08. The highest BCUT2D eigenvalue weighted by atomic mass is 32.2. The van der Waals surface area contributed by atoms with Gasteiger partial charge in [0.1, 0.15) is 0 Å². The van der Waals surface area contributed by atoms with Gasteiger partial charge < -0.3 is 4.90 Å². The van der Waals surface area contributed by atoms with Crippen LogP contribution in [0.3, 0.4) is 0 Å². The molecule has 0 fully saturated rings. The summed E-state index contributed by atoms with van der Waals surface area (Å²) in [5, 5.41) is 17.3. The van der Waals surface area contributed by atoms with Crippen molar-refractivity contribution in [2.45, 2.75) is 25.4 Å². The summed E-state index contributed by atoms with van der Waals surface area (Å²) < 4.78 is 1.83. The highest BCUT2D eigenvalue weighted by Gasteiger charge is 2.14. The number of carbonyl (C=O) groups excluding carboxylic acids is 1. The first-order valence-corrected chi connectivity index (χ1v) is 7.44. The zero-order valence-electron chi connectivity index (χ0n) is 12.2. The Morgan fingerprint density at radius 3 is 2.95 bits per heavy atom. The van der Waals surface area contributed by atoms with Crippen molar-refractivity contribution in [1.82, 2.24) is 24.5 Å². The van der Waals surface area contributed by atoms with Crippen molar-refractivity contribution >= 4 is 23.4 Å². The van der Waals surface area contributed by atoms with E-state index in [-0.39, 0.29) is 11.7 Å². The van der Waals surface area contributed by atoms with Crippen molar-refractivity contribution in [3.8, 4) is 6.07 Å². The molecule has 0 unspecified atom stereocenters. The number of amides is 1. The van der Waals surface area contributed by atoms with E-state index in [1.165, 1.54) is 11.8 Å². The van der Waals surface area contributed by atoms with Crippen LogP contribution < -0.4 is 0 Å². The lowest BCUT2D eigenvalue weighted by molar-refractivity contribution is -0.127. The van der Waals surface area contributed by atoms with Crippen LogP contribution in [0.5, 0.6) is 0 Å². The molecule has 0 radical (unpaired) electrons. The molecule has 0 N–H and O–H groups in total. The maximum atomic E-state index is 11.9. The van der Waals surface area contributed by atoms with Gasteiger partial charge in [-0.1, -0.05) is 11.8 Å². The number of rotatable bonds is 5. The van der Waals surface area contributed by atoms with Gasteiger partial charge in [0.05, 0.1) is 18.2 Å². The molecule has 2 aromatic rings. The third-order valence-corrected chi connectivity index (χ3v) is 3.89. The summed E-state index contributed by atoms with van der Waals surface area (Å²) in [5.74, 6) is 0.765. The topological polar surface area (TPSA) is 87.2 Å². The highest BCUT2D eigenvalue weighted by molar-refractivity contribution is 7.99. The lowest BCUT2D eigenvalue weighted by atomic mass is 10.3. The Hall–Kier alpha value is -2.14. The number of nitriles is 1. The first-order valence-electron chi connectivity index (χ1n) is 6.46. The molecule has 0 spiro atoms. The summed E-state index contributed by atoms with van der Waals surface area (Å²) in [6.45, 7) is 4.30. The normalized spacial score (nSPS) is 10.6. The van der Waals surface area contributed by atoms with E-state index in [4.69, 9.17) is 5.26 Å². The van der Waals surface area contributed by atoms with E-state index in [0.717, 1.165) is 11.4 Å². The van der Waals surface area contributed by atoms with Crippen LogP contribution >= 0.6 is 11.8 Å². The SMILES string of the molecule is Cc1cc(C)n2c(SCC(=O)N(C)CCC#N)nnc2n1. The van der Waals surface area contributed by atoms with Gasteiger partial charge in [-0.2, -0.15) is 5.26 Å². The smallest absolute Gasteiger partial charge is 0.256 e. The van der Waals surface area contributed by atoms with Crippen LogP contribution in [0.4, 0.5) is 0 Å². The summed E-state index contributed by atoms with van der Waals surface area (Å²) in [6, 6.07) is 3.97. The molecule has 0 saturated heterocycles. The van der Waals surface area contributed by atoms with Gasteiger partial charge >= 0.3 is 0 Å². The number of aryl methyl sites for hydroxylation is 2. The predicted molar refractivity (Wildman–Crippen MR) is 78.8 cm³/mol. The molecular weight excluding hydrogens is 288 g/mol. The number of hydrogen-bond donors (Lipinski definition) is 0. The van der Waals surface area contributed by atoms with Gasteiger partial charge in [0.15, 0.2) is 5.16 Å². The Bertz CT molecular complexity index is 704. The Morgan fingerprint density at radius 2 is 2.24 bits per heavy atom. The van der Waals surface area contributed by atoms with Crippen molar-refractivity contribution in [3.05, 3.63) is 17.5 Å². The minimum absolute atomic E-state index is 0.0373. The second-order valence-electron chi connectivity index (χ2n) is 4.67. The number of fused-ring (bicyclic) bond motifs is 1. The largest absolute Gasteiger partial charge is 0.344 e. The minimum atomic E-state index is -0.0373. The van der Waals surface area contributed by atoms with E-state index >= 15 is 0 Å². The van der Waals surface area contributed by atoms with Gasteiger partial charge in [-0.15, -0.1) is 10.2 Å². The fourth-order valence-corrected chi connectivity index (χ4v) is 2.80. The Morgan fingerprint density at radius 1 is 1.48 bits per heavy atom. The lowest BCUT2D eigenvalue weighted by Crippen LogP contribution is -2.29. The zero-order valence-corrected chi connectivity index (χ0v) is 13.0. The molecule has 8 heteroatoms. The maximum Gasteiger partial charge on any atom is 0.256 e. The average Bonchev–Trinajstić information content (AvgIpc) is 2.85. The van der Waals surface area contributed by atoms with E-state index in [9.17, 15) is 4.79 Å². The molecule has 0 aliphatic heterocycles. The van der Waals surface area contributed by atoms with Gasteiger partial charge in [-0.3, -0.25) is 9.20 Å². The van der Waals surface area contributed by atoms with Crippen molar-refractivity contribution in [2.75, 3.05) is 19.3 Å². The fraction of sp³-hybridized carbons (Fsp3) is 0.462. The number of aromatic nitrogens is 4. The summed E-state index contributed by atoms with van der Waals surface area (Å²) in [7, 11) is 1.69. The summed E-state index contributed by atoms with van der Waals surface area (Å²) in [5.41, 5.74) is 1.87. The fourth-order valence-electron chi connectivity index (χ4n) is 1.87. The molecule has 0 bridgehead atoms. The third kappa shape index (κ3) is 3.49. The van der Waals surface area contributed by atoms with Gasteiger partial charge in [-0.05, 0) is 19.9 Å². The van der Waals surface area contributed by atoms with Crippen LogP contribution in [0.2, 0.25) is 0 Å². The second-order valence-corrected chi connectivity index (χ2v) is 5.61. The van der Waals surface area contributed by atoms with Gasteiger partial charge in [0, 0.05) is 25.0 Å². The van der Waals surface area contributed by atoms with Crippen LogP contribution in [0.15, 0.2) is 11.2 Å². The summed E-state index contributed by atoms with van der Waals surface area (Å²) >= 11 is 1.32. The third-order valence-electron chi connectivity index (χ3n) is 2.97. The van der Waals surface area contributed by atoms with E-state index in [1.54, 1.807) is 11.9 Å². The average molecular weight is 304 g/mol. The second kappa shape index (κ2) is 6.54. The highest BCUT2D eigenvalue weighted by Crippen LogP contribution is 2.18. The van der Waals surface area contributed by atoms with Gasteiger partial charge in [0.25, 0.3) is 5.78 Å². The molecule has 110 valence electrons.